The lowest BCUT2D eigenvalue weighted by Crippen LogP contribution is -1.99. The van der Waals surface area contributed by atoms with Crippen LogP contribution in [0.3, 0.4) is 0 Å². The van der Waals surface area contributed by atoms with E-state index in [1.165, 1.54) is 11.3 Å². The van der Waals surface area contributed by atoms with Crippen molar-refractivity contribution < 1.29 is 0 Å². The van der Waals surface area contributed by atoms with Crippen molar-refractivity contribution in [3.63, 3.8) is 0 Å². The lowest BCUT2D eigenvalue weighted by Gasteiger charge is -2.03. The Balaban J connectivity index is 2.06. The van der Waals surface area contributed by atoms with Gasteiger partial charge in [0, 0.05) is 10.9 Å². The van der Waals surface area contributed by atoms with E-state index in [0.29, 0.717) is 0 Å². The van der Waals surface area contributed by atoms with Crippen LogP contribution in [0.4, 0.5) is 0 Å². The highest BCUT2D eigenvalue weighted by Crippen LogP contribution is 2.33. The minimum Gasteiger partial charge on any atom is -0.304 e. The van der Waals surface area contributed by atoms with E-state index in [2.05, 4.69) is 28.2 Å². The Morgan fingerprint density at radius 3 is 2.75 bits per heavy atom. The maximum Gasteiger partial charge on any atom is 0.324 e. The largest absolute Gasteiger partial charge is 0.324 e. The smallest absolute Gasteiger partial charge is 0.304 e. The van der Waals surface area contributed by atoms with Crippen LogP contribution in [0.2, 0.25) is 0 Å². The molecule has 0 fully saturated rings. The zero-order valence-electron chi connectivity index (χ0n) is 10.7. The van der Waals surface area contributed by atoms with Crippen LogP contribution in [0, 0.1) is 6.92 Å². The van der Waals surface area contributed by atoms with Crippen molar-refractivity contribution in [2.45, 2.75) is 6.92 Å². The van der Waals surface area contributed by atoms with Crippen molar-refractivity contribution in [1.29, 1.82) is 0 Å². The fraction of sp³-hybridized carbons (Fsp3) is 0.0667. The number of hydrogen-bond donors (Lipinski definition) is 2. The molecule has 0 aliphatic rings. The van der Waals surface area contributed by atoms with E-state index in [4.69, 9.17) is 4.98 Å². The molecule has 0 unspecified atom stereocenters. The van der Waals surface area contributed by atoms with Crippen molar-refractivity contribution in [3.05, 3.63) is 52.4 Å². The molecule has 98 valence electrons. The van der Waals surface area contributed by atoms with E-state index in [0.717, 1.165) is 37.4 Å². The van der Waals surface area contributed by atoms with Crippen molar-refractivity contribution in [2.24, 2.45) is 0 Å². The standard InChI is InChI=1S/C15H11N3OS/c1-8-7-10(9-5-3-2-4-6-9)16-13-11(8)12-14(20-13)18-15(19)17-12/h2-7H,1H3,(H2,17,18,19). The number of aromatic amines is 2. The molecule has 0 aliphatic carbocycles. The Labute approximate surface area is 118 Å². The summed E-state index contributed by atoms with van der Waals surface area (Å²) in [5.74, 6) is 0. The van der Waals surface area contributed by atoms with Crippen molar-refractivity contribution in [3.8, 4) is 11.3 Å². The number of nitrogens with zero attached hydrogens (tertiary/aromatic N) is 1. The lowest BCUT2D eigenvalue weighted by atomic mass is 10.1. The summed E-state index contributed by atoms with van der Waals surface area (Å²) in [6, 6.07) is 12.2. The van der Waals surface area contributed by atoms with Crippen LogP contribution >= 0.6 is 11.3 Å². The van der Waals surface area contributed by atoms with Crippen LogP contribution in [-0.4, -0.2) is 15.0 Å². The SMILES string of the molecule is Cc1cc(-c2ccccc2)nc2sc3[nH]c(=O)[nH]c3c12. The quantitative estimate of drug-likeness (QED) is 0.561. The van der Waals surface area contributed by atoms with Crippen LogP contribution in [-0.2, 0) is 0 Å². The third-order valence-corrected chi connectivity index (χ3v) is 4.39. The van der Waals surface area contributed by atoms with Crippen molar-refractivity contribution >= 4 is 31.9 Å². The average molecular weight is 281 g/mol. The third-order valence-electron chi connectivity index (χ3n) is 3.39. The molecule has 2 N–H and O–H groups in total. The van der Waals surface area contributed by atoms with E-state index in [-0.39, 0.29) is 5.69 Å². The fourth-order valence-electron chi connectivity index (χ4n) is 2.49. The third kappa shape index (κ3) is 1.60. The molecule has 4 rings (SSSR count). The summed E-state index contributed by atoms with van der Waals surface area (Å²) >= 11 is 1.51. The Hall–Kier alpha value is -2.40. The summed E-state index contributed by atoms with van der Waals surface area (Å²) < 4.78 is 0. The fourth-order valence-corrected chi connectivity index (χ4v) is 3.60. The Bertz CT molecular complexity index is 979. The summed E-state index contributed by atoms with van der Waals surface area (Å²) in [5.41, 5.74) is 3.87. The number of benzene rings is 1. The molecule has 0 spiro atoms. The van der Waals surface area contributed by atoms with E-state index < -0.39 is 0 Å². The lowest BCUT2D eigenvalue weighted by molar-refractivity contribution is 1.22. The predicted octanol–water partition coefficient (Wildman–Crippen LogP) is 3.44. The molecular weight excluding hydrogens is 270 g/mol. The highest BCUT2D eigenvalue weighted by Gasteiger charge is 2.13. The first-order valence-electron chi connectivity index (χ1n) is 6.30. The molecular formula is C15H11N3OS. The van der Waals surface area contributed by atoms with Gasteiger partial charge in [-0.2, -0.15) is 0 Å². The van der Waals surface area contributed by atoms with Gasteiger partial charge < -0.3 is 4.98 Å². The van der Waals surface area contributed by atoms with Gasteiger partial charge in [0.1, 0.15) is 9.66 Å². The molecule has 0 atom stereocenters. The van der Waals surface area contributed by atoms with Crippen LogP contribution in [0.25, 0.3) is 31.8 Å². The molecule has 0 aliphatic heterocycles. The molecule has 5 heteroatoms. The van der Waals surface area contributed by atoms with Gasteiger partial charge in [0.2, 0.25) is 0 Å². The maximum atomic E-state index is 11.4. The monoisotopic (exact) mass is 281 g/mol. The first-order chi connectivity index (χ1) is 9.72. The molecule has 4 aromatic rings. The number of thiophene rings is 1. The van der Waals surface area contributed by atoms with Gasteiger partial charge in [0.15, 0.2) is 0 Å². The molecule has 20 heavy (non-hydrogen) atoms. The summed E-state index contributed by atoms with van der Waals surface area (Å²) in [5, 5.41) is 1.03. The van der Waals surface area contributed by atoms with Gasteiger partial charge in [-0.3, -0.25) is 4.98 Å². The van der Waals surface area contributed by atoms with Crippen molar-refractivity contribution in [1.82, 2.24) is 15.0 Å². The summed E-state index contributed by atoms with van der Waals surface area (Å²) in [6.07, 6.45) is 0. The number of hydrogen-bond acceptors (Lipinski definition) is 3. The average Bonchev–Trinajstić information content (AvgIpc) is 2.95. The number of pyridine rings is 1. The summed E-state index contributed by atoms with van der Waals surface area (Å²) in [6.45, 7) is 2.05. The predicted molar refractivity (Wildman–Crippen MR) is 82.3 cm³/mol. The molecule has 0 radical (unpaired) electrons. The summed E-state index contributed by atoms with van der Waals surface area (Å²) in [7, 11) is 0. The van der Waals surface area contributed by atoms with Gasteiger partial charge in [-0.1, -0.05) is 41.7 Å². The molecule has 1 aromatic carbocycles. The Morgan fingerprint density at radius 1 is 1.15 bits per heavy atom. The van der Waals surface area contributed by atoms with Gasteiger partial charge in [-0.25, -0.2) is 9.78 Å². The highest BCUT2D eigenvalue weighted by molar-refractivity contribution is 7.25. The van der Waals surface area contributed by atoms with Gasteiger partial charge in [0.05, 0.1) is 11.2 Å². The number of aryl methyl sites for hydroxylation is 1. The first kappa shape index (κ1) is 11.4. The van der Waals surface area contributed by atoms with Gasteiger partial charge in [-0.15, -0.1) is 0 Å². The van der Waals surface area contributed by atoms with E-state index in [9.17, 15) is 4.79 Å². The molecule has 3 heterocycles. The molecule has 0 saturated heterocycles. The number of aromatic nitrogens is 3. The number of imidazole rings is 1. The first-order valence-corrected chi connectivity index (χ1v) is 7.11. The molecule has 0 bridgehead atoms. The normalized spacial score (nSPS) is 11.4. The van der Waals surface area contributed by atoms with Crippen LogP contribution in [0.1, 0.15) is 5.56 Å². The minimum absolute atomic E-state index is 0.167. The minimum atomic E-state index is -0.167. The molecule has 0 amide bonds. The molecule has 3 aromatic heterocycles. The van der Waals surface area contributed by atoms with Crippen LogP contribution in [0.15, 0.2) is 41.2 Å². The second-order valence-electron chi connectivity index (χ2n) is 4.76. The number of rotatable bonds is 1. The Morgan fingerprint density at radius 2 is 1.95 bits per heavy atom. The molecule has 0 saturated carbocycles. The van der Waals surface area contributed by atoms with Crippen LogP contribution in [0.5, 0.6) is 0 Å². The number of fused-ring (bicyclic) bond motifs is 3. The zero-order chi connectivity index (χ0) is 13.7. The second kappa shape index (κ2) is 4.05. The van der Waals surface area contributed by atoms with Gasteiger partial charge in [-0.05, 0) is 18.6 Å². The van der Waals surface area contributed by atoms with Crippen LogP contribution < -0.4 is 5.69 Å². The number of nitrogens with one attached hydrogen (secondary N) is 2. The van der Waals surface area contributed by atoms with E-state index >= 15 is 0 Å². The highest BCUT2D eigenvalue weighted by atomic mass is 32.1. The zero-order valence-corrected chi connectivity index (χ0v) is 11.5. The maximum absolute atomic E-state index is 11.4. The Kier molecular flexibility index (Phi) is 2.31. The summed E-state index contributed by atoms with van der Waals surface area (Å²) in [4.78, 5) is 23.5. The topological polar surface area (TPSA) is 61.5 Å². The van der Waals surface area contributed by atoms with E-state index in [1.54, 1.807) is 0 Å². The molecule has 4 nitrogen and oxygen atoms in total. The second-order valence-corrected chi connectivity index (χ2v) is 5.75. The van der Waals surface area contributed by atoms with Crippen molar-refractivity contribution in [2.75, 3.05) is 0 Å². The van der Waals surface area contributed by atoms with Gasteiger partial charge in [0.25, 0.3) is 0 Å². The van der Waals surface area contributed by atoms with Gasteiger partial charge >= 0.3 is 5.69 Å². The van der Waals surface area contributed by atoms with E-state index in [1.807, 2.05) is 25.1 Å². The number of H-pyrrole nitrogens is 2.